The number of methoxy groups -OCH3 is 1. The first kappa shape index (κ1) is 12.5. The Kier molecular flexibility index (Phi) is 3.76. The molecule has 4 nitrogen and oxygen atoms in total. The maximum atomic E-state index is 12.0. The number of alkyl halides is 1. The van der Waals surface area contributed by atoms with Crippen molar-refractivity contribution >= 4 is 27.8 Å². The smallest absolute Gasteiger partial charge is 0.328 e. The van der Waals surface area contributed by atoms with Crippen molar-refractivity contribution in [2.45, 2.75) is 37.1 Å². The Morgan fingerprint density at radius 1 is 1.47 bits per heavy atom. The van der Waals surface area contributed by atoms with Crippen molar-refractivity contribution in [1.29, 1.82) is 0 Å². The third-order valence-corrected chi connectivity index (χ3v) is 2.83. The second-order valence-electron chi connectivity index (χ2n) is 4.15. The summed E-state index contributed by atoms with van der Waals surface area (Å²) in [6, 6.07) is -0.403. The van der Waals surface area contributed by atoms with E-state index in [4.69, 9.17) is 0 Å². The van der Waals surface area contributed by atoms with Crippen molar-refractivity contribution in [3.8, 4) is 0 Å². The third-order valence-electron chi connectivity index (χ3n) is 2.50. The maximum Gasteiger partial charge on any atom is 0.328 e. The molecule has 1 aliphatic rings. The zero-order valence-corrected chi connectivity index (χ0v) is 10.8. The second kappa shape index (κ2) is 4.51. The SMILES string of the molecule is COC(=O)C1CCCN1C(=O)C(C)(C)Br. The van der Waals surface area contributed by atoms with Crippen molar-refractivity contribution in [1.82, 2.24) is 4.90 Å². The van der Waals surface area contributed by atoms with Gasteiger partial charge in [-0.15, -0.1) is 0 Å². The monoisotopic (exact) mass is 277 g/mol. The van der Waals surface area contributed by atoms with E-state index in [0.717, 1.165) is 6.42 Å². The van der Waals surface area contributed by atoms with Gasteiger partial charge >= 0.3 is 5.97 Å². The second-order valence-corrected chi connectivity index (χ2v) is 6.13. The number of carbonyl (C=O) groups excluding carboxylic acids is 2. The van der Waals surface area contributed by atoms with Crippen LogP contribution in [0.4, 0.5) is 0 Å². The zero-order valence-electron chi connectivity index (χ0n) is 9.25. The van der Waals surface area contributed by atoms with E-state index in [2.05, 4.69) is 20.7 Å². The Hall–Kier alpha value is -0.580. The van der Waals surface area contributed by atoms with Gasteiger partial charge in [0, 0.05) is 6.54 Å². The summed E-state index contributed by atoms with van der Waals surface area (Å²) in [5.41, 5.74) is 0. The molecule has 15 heavy (non-hydrogen) atoms. The molecule has 1 heterocycles. The summed E-state index contributed by atoms with van der Waals surface area (Å²) in [5.74, 6) is -0.381. The number of carbonyl (C=O) groups is 2. The molecule has 0 aromatic rings. The van der Waals surface area contributed by atoms with E-state index in [1.165, 1.54) is 7.11 Å². The number of hydrogen-bond donors (Lipinski definition) is 0. The molecule has 1 fully saturated rings. The van der Waals surface area contributed by atoms with Gasteiger partial charge in [-0.3, -0.25) is 4.79 Å². The average Bonchev–Trinajstić information content (AvgIpc) is 2.62. The molecule has 0 aromatic heterocycles. The molecule has 0 radical (unpaired) electrons. The Labute approximate surface area is 98.1 Å². The van der Waals surface area contributed by atoms with Gasteiger partial charge in [0.05, 0.1) is 11.4 Å². The minimum atomic E-state index is -0.621. The van der Waals surface area contributed by atoms with Crippen LogP contribution < -0.4 is 0 Å². The molecule has 1 rings (SSSR count). The van der Waals surface area contributed by atoms with Gasteiger partial charge in [0.25, 0.3) is 0 Å². The fraction of sp³-hybridized carbons (Fsp3) is 0.800. The Morgan fingerprint density at radius 2 is 2.07 bits per heavy atom. The number of rotatable bonds is 2. The molecule has 1 atom stereocenters. The first-order valence-corrected chi connectivity index (χ1v) is 5.75. The van der Waals surface area contributed by atoms with E-state index in [0.29, 0.717) is 13.0 Å². The Balaban J connectivity index is 2.77. The molecule has 0 saturated carbocycles. The van der Waals surface area contributed by atoms with E-state index in [-0.39, 0.29) is 11.9 Å². The predicted octanol–water partition coefficient (Wildman–Crippen LogP) is 1.32. The largest absolute Gasteiger partial charge is 0.467 e. The summed E-state index contributed by atoms with van der Waals surface area (Å²) >= 11 is 3.31. The van der Waals surface area contributed by atoms with Crippen LogP contribution in [-0.4, -0.2) is 40.8 Å². The van der Waals surface area contributed by atoms with E-state index in [1.807, 2.05) is 0 Å². The summed E-state index contributed by atoms with van der Waals surface area (Å²) in [7, 11) is 1.35. The fourth-order valence-electron chi connectivity index (χ4n) is 1.73. The van der Waals surface area contributed by atoms with Crippen LogP contribution in [0.1, 0.15) is 26.7 Å². The number of nitrogens with zero attached hydrogens (tertiary/aromatic N) is 1. The van der Waals surface area contributed by atoms with Gasteiger partial charge in [-0.05, 0) is 26.7 Å². The van der Waals surface area contributed by atoms with E-state index in [9.17, 15) is 9.59 Å². The lowest BCUT2D eigenvalue weighted by Crippen LogP contribution is -2.47. The van der Waals surface area contributed by atoms with Crippen molar-refractivity contribution in [3.63, 3.8) is 0 Å². The first-order chi connectivity index (χ1) is 6.88. The number of ether oxygens (including phenoxy) is 1. The van der Waals surface area contributed by atoms with E-state index in [1.54, 1.807) is 18.7 Å². The van der Waals surface area contributed by atoms with Crippen molar-refractivity contribution in [2.24, 2.45) is 0 Å². The number of likely N-dealkylation sites (tertiary alicyclic amines) is 1. The number of hydrogen-bond acceptors (Lipinski definition) is 3. The molecule has 0 aromatic carbocycles. The number of amides is 1. The molecule has 0 bridgehead atoms. The highest BCUT2D eigenvalue weighted by Crippen LogP contribution is 2.26. The minimum Gasteiger partial charge on any atom is -0.467 e. The number of esters is 1. The highest BCUT2D eigenvalue weighted by Gasteiger charge is 2.39. The van der Waals surface area contributed by atoms with Gasteiger partial charge in [0.15, 0.2) is 0 Å². The summed E-state index contributed by atoms with van der Waals surface area (Å²) in [4.78, 5) is 25.0. The Morgan fingerprint density at radius 3 is 2.53 bits per heavy atom. The van der Waals surface area contributed by atoms with Crippen LogP contribution >= 0.6 is 15.9 Å². The van der Waals surface area contributed by atoms with Gasteiger partial charge in [-0.1, -0.05) is 15.9 Å². The summed E-state index contributed by atoms with van der Waals surface area (Å²) < 4.78 is 4.06. The molecule has 0 aliphatic carbocycles. The lowest BCUT2D eigenvalue weighted by molar-refractivity contribution is -0.151. The summed E-state index contributed by atoms with van der Waals surface area (Å²) in [5, 5.41) is 0. The maximum absolute atomic E-state index is 12.0. The number of halogens is 1. The van der Waals surface area contributed by atoms with Crippen LogP contribution in [0.2, 0.25) is 0 Å². The predicted molar refractivity (Wildman–Crippen MR) is 59.8 cm³/mol. The van der Waals surface area contributed by atoms with E-state index < -0.39 is 10.4 Å². The molecule has 0 spiro atoms. The third kappa shape index (κ3) is 2.71. The van der Waals surface area contributed by atoms with Gasteiger partial charge in [0.1, 0.15) is 6.04 Å². The van der Waals surface area contributed by atoms with Gasteiger partial charge in [-0.25, -0.2) is 4.79 Å². The quantitative estimate of drug-likeness (QED) is 0.565. The Bertz CT molecular complexity index is 272. The summed E-state index contributed by atoms with van der Waals surface area (Å²) in [6.07, 6.45) is 1.55. The molecule has 86 valence electrons. The fourth-order valence-corrected chi connectivity index (χ4v) is 1.96. The van der Waals surface area contributed by atoms with Gasteiger partial charge < -0.3 is 9.64 Å². The normalized spacial score (nSPS) is 21.6. The van der Waals surface area contributed by atoms with Crippen LogP contribution in [0.3, 0.4) is 0 Å². The standard InChI is InChI=1S/C10H16BrNO3/c1-10(2,11)9(14)12-6-4-5-7(12)8(13)15-3/h7H,4-6H2,1-3H3. The molecule has 1 unspecified atom stereocenters. The van der Waals surface area contributed by atoms with Crippen molar-refractivity contribution in [2.75, 3.05) is 13.7 Å². The zero-order chi connectivity index (χ0) is 11.6. The van der Waals surface area contributed by atoms with Gasteiger partial charge in [0.2, 0.25) is 5.91 Å². The molecule has 1 amide bonds. The van der Waals surface area contributed by atoms with Crippen LogP contribution in [0.15, 0.2) is 0 Å². The van der Waals surface area contributed by atoms with Crippen molar-refractivity contribution < 1.29 is 14.3 Å². The molecular weight excluding hydrogens is 262 g/mol. The van der Waals surface area contributed by atoms with Crippen LogP contribution in [0.25, 0.3) is 0 Å². The highest BCUT2D eigenvalue weighted by atomic mass is 79.9. The lowest BCUT2D eigenvalue weighted by atomic mass is 10.1. The highest BCUT2D eigenvalue weighted by molar-refractivity contribution is 9.10. The average molecular weight is 278 g/mol. The molecule has 1 aliphatic heterocycles. The first-order valence-electron chi connectivity index (χ1n) is 4.95. The summed E-state index contributed by atoms with van der Waals surface area (Å²) in [6.45, 7) is 4.19. The molecule has 5 heteroatoms. The molecular formula is C10H16BrNO3. The lowest BCUT2D eigenvalue weighted by Gasteiger charge is -2.28. The molecule has 1 saturated heterocycles. The topological polar surface area (TPSA) is 46.6 Å². The van der Waals surface area contributed by atoms with Crippen LogP contribution in [-0.2, 0) is 14.3 Å². The van der Waals surface area contributed by atoms with E-state index >= 15 is 0 Å². The van der Waals surface area contributed by atoms with Crippen LogP contribution in [0.5, 0.6) is 0 Å². The van der Waals surface area contributed by atoms with Crippen molar-refractivity contribution in [3.05, 3.63) is 0 Å². The molecule has 0 N–H and O–H groups in total. The van der Waals surface area contributed by atoms with Gasteiger partial charge in [-0.2, -0.15) is 0 Å². The van der Waals surface area contributed by atoms with Crippen LogP contribution in [0, 0.1) is 0 Å². The minimum absolute atomic E-state index is 0.0598.